The van der Waals surface area contributed by atoms with E-state index in [-0.39, 0.29) is 0 Å². The van der Waals surface area contributed by atoms with Crippen LogP contribution in [0.5, 0.6) is 0 Å². The van der Waals surface area contributed by atoms with Crippen LogP contribution in [0.4, 0.5) is 13.2 Å². The average Bonchev–Trinajstić information content (AvgIpc) is 1.85. The molecule has 0 heterocycles. The molecule has 0 aromatic rings. The highest BCUT2D eigenvalue weighted by Crippen LogP contribution is 2.31. The van der Waals surface area contributed by atoms with Crippen LogP contribution in [0.3, 0.4) is 0 Å². The number of carboxylic acids is 1. The molecule has 12 heavy (non-hydrogen) atoms. The summed E-state index contributed by atoms with van der Waals surface area (Å²) in [6, 6.07) is 0. The topological polar surface area (TPSA) is 63.3 Å². The number of alkyl halides is 3. The number of carbonyl (C=O) groups is 1. The third-order valence-corrected chi connectivity index (χ3v) is 1.35. The molecule has 0 rings (SSSR count). The van der Waals surface area contributed by atoms with Gasteiger partial charge in [0.15, 0.2) is 0 Å². The van der Waals surface area contributed by atoms with Crippen molar-refractivity contribution in [2.45, 2.75) is 18.1 Å². The number of aliphatic carboxylic acids is 1. The summed E-state index contributed by atoms with van der Waals surface area (Å²) in [6.07, 6.45) is -4.99. The molecule has 0 amide bonds. The molecule has 0 bridgehead atoms. The van der Waals surface area contributed by atoms with E-state index in [2.05, 4.69) is 12.3 Å². The van der Waals surface area contributed by atoms with Gasteiger partial charge in [0.1, 0.15) is 0 Å². The van der Waals surface area contributed by atoms with Crippen molar-refractivity contribution in [1.82, 2.24) is 0 Å². The maximum Gasteiger partial charge on any atom is 0.417 e. The van der Waals surface area contributed by atoms with Gasteiger partial charge in [-0.3, -0.25) is 0 Å². The normalized spacial score (nSPS) is 16.7. The Morgan fingerprint density at radius 1 is 1.58 bits per heavy atom. The number of hydrogen-bond donors (Lipinski definition) is 2. The standard InChI is InChI=1S/C6H8F3NO2/c1-2-3-5(10,4(11)12)6(7,8)9/h2H,1,3,10H2,(H,11,12)/t5-/m1/s1. The molecule has 0 spiro atoms. The van der Waals surface area contributed by atoms with Crippen molar-refractivity contribution >= 4 is 5.97 Å². The highest BCUT2D eigenvalue weighted by Gasteiger charge is 2.57. The van der Waals surface area contributed by atoms with Crippen LogP contribution in [0.1, 0.15) is 6.42 Å². The summed E-state index contributed by atoms with van der Waals surface area (Å²) in [5.41, 5.74) is 1.42. The molecule has 0 fully saturated rings. The second kappa shape index (κ2) is 3.14. The van der Waals surface area contributed by atoms with Gasteiger partial charge in [0, 0.05) is 6.42 Å². The minimum Gasteiger partial charge on any atom is -0.480 e. The molecule has 70 valence electrons. The van der Waals surface area contributed by atoms with Gasteiger partial charge in [0.2, 0.25) is 5.54 Å². The average molecular weight is 183 g/mol. The molecule has 0 saturated heterocycles. The zero-order valence-corrected chi connectivity index (χ0v) is 6.06. The van der Waals surface area contributed by atoms with Crippen molar-refractivity contribution in [3.8, 4) is 0 Å². The van der Waals surface area contributed by atoms with Gasteiger partial charge in [-0.1, -0.05) is 6.08 Å². The number of hydrogen-bond acceptors (Lipinski definition) is 2. The smallest absolute Gasteiger partial charge is 0.417 e. The van der Waals surface area contributed by atoms with Crippen LogP contribution in [0, 0.1) is 0 Å². The molecule has 1 atom stereocenters. The van der Waals surface area contributed by atoms with Crippen molar-refractivity contribution in [3.05, 3.63) is 12.7 Å². The van der Waals surface area contributed by atoms with Crippen LogP contribution in [-0.4, -0.2) is 22.8 Å². The van der Waals surface area contributed by atoms with Crippen molar-refractivity contribution in [3.63, 3.8) is 0 Å². The summed E-state index contributed by atoms with van der Waals surface area (Å²) < 4.78 is 36.0. The Labute approximate surface area is 66.7 Å². The summed E-state index contributed by atoms with van der Waals surface area (Å²) >= 11 is 0. The fraction of sp³-hybridized carbons (Fsp3) is 0.500. The highest BCUT2D eigenvalue weighted by atomic mass is 19.4. The maximum atomic E-state index is 12.0. The van der Waals surface area contributed by atoms with E-state index in [4.69, 9.17) is 5.11 Å². The Balaban J connectivity index is 4.86. The lowest BCUT2D eigenvalue weighted by atomic mass is 9.96. The largest absolute Gasteiger partial charge is 0.480 e. The summed E-state index contributed by atoms with van der Waals surface area (Å²) in [6.45, 7) is 3.00. The van der Waals surface area contributed by atoms with Crippen molar-refractivity contribution in [2.24, 2.45) is 5.73 Å². The molecule has 0 radical (unpaired) electrons. The molecule has 0 aromatic carbocycles. The van der Waals surface area contributed by atoms with E-state index in [1.165, 1.54) is 0 Å². The zero-order chi connectivity index (χ0) is 9.99. The molecular formula is C6H8F3NO2. The quantitative estimate of drug-likeness (QED) is 0.639. The molecule has 0 saturated carbocycles. The van der Waals surface area contributed by atoms with Gasteiger partial charge < -0.3 is 10.8 Å². The molecule has 0 aliphatic heterocycles. The van der Waals surface area contributed by atoms with Gasteiger partial charge in [0.25, 0.3) is 0 Å². The molecule has 6 heteroatoms. The molecular weight excluding hydrogens is 175 g/mol. The highest BCUT2D eigenvalue weighted by molar-refractivity contribution is 5.79. The van der Waals surface area contributed by atoms with Gasteiger partial charge in [0.05, 0.1) is 0 Å². The predicted octanol–water partition coefficient (Wildman–Crippen LogP) is 0.907. The second-order valence-electron chi connectivity index (χ2n) is 2.27. The molecule has 3 N–H and O–H groups in total. The maximum absolute atomic E-state index is 12.0. The van der Waals surface area contributed by atoms with Gasteiger partial charge in [-0.15, -0.1) is 6.58 Å². The Morgan fingerprint density at radius 3 is 2.08 bits per heavy atom. The van der Waals surface area contributed by atoms with E-state index in [0.717, 1.165) is 6.08 Å². The Kier molecular flexibility index (Phi) is 2.87. The minimum absolute atomic E-state index is 0.821. The Bertz CT molecular complexity index is 201. The number of halogens is 3. The minimum atomic E-state index is -4.97. The number of nitrogens with two attached hydrogens (primary N) is 1. The monoisotopic (exact) mass is 183 g/mol. The second-order valence-corrected chi connectivity index (χ2v) is 2.27. The third kappa shape index (κ3) is 1.76. The fourth-order valence-corrected chi connectivity index (χ4v) is 0.552. The Hall–Kier alpha value is -1.04. The summed E-state index contributed by atoms with van der Waals surface area (Å²) in [5, 5.41) is 8.21. The van der Waals surface area contributed by atoms with Crippen LogP contribution in [-0.2, 0) is 4.79 Å². The van der Waals surface area contributed by atoms with Crippen LogP contribution in [0.2, 0.25) is 0 Å². The zero-order valence-electron chi connectivity index (χ0n) is 6.06. The lowest BCUT2D eigenvalue weighted by Crippen LogP contribution is -2.59. The van der Waals surface area contributed by atoms with Crippen LogP contribution < -0.4 is 5.73 Å². The van der Waals surface area contributed by atoms with Gasteiger partial charge in [-0.05, 0) is 0 Å². The van der Waals surface area contributed by atoms with E-state index in [1.54, 1.807) is 0 Å². The lowest BCUT2D eigenvalue weighted by Gasteiger charge is -2.25. The first kappa shape index (κ1) is 11.0. The third-order valence-electron chi connectivity index (χ3n) is 1.35. The summed E-state index contributed by atoms with van der Waals surface area (Å²) in [7, 11) is 0. The summed E-state index contributed by atoms with van der Waals surface area (Å²) in [5.74, 6) is -2.10. The van der Waals surface area contributed by atoms with Gasteiger partial charge >= 0.3 is 12.1 Å². The first-order valence-corrected chi connectivity index (χ1v) is 2.95. The van der Waals surface area contributed by atoms with Crippen LogP contribution >= 0.6 is 0 Å². The van der Waals surface area contributed by atoms with Gasteiger partial charge in [-0.2, -0.15) is 13.2 Å². The Morgan fingerprint density at radius 2 is 2.00 bits per heavy atom. The first-order valence-electron chi connectivity index (χ1n) is 2.95. The molecule has 0 unspecified atom stereocenters. The summed E-state index contributed by atoms with van der Waals surface area (Å²) in [4.78, 5) is 10.2. The molecule has 0 aliphatic carbocycles. The van der Waals surface area contributed by atoms with Crippen LogP contribution in [0.25, 0.3) is 0 Å². The first-order chi connectivity index (χ1) is 5.25. The molecule has 3 nitrogen and oxygen atoms in total. The lowest BCUT2D eigenvalue weighted by molar-refractivity contribution is -0.201. The van der Waals surface area contributed by atoms with E-state index in [9.17, 15) is 18.0 Å². The van der Waals surface area contributed by atoms with E-state index in [0.29, 0.717) is 0 Å². The van der Waals surface area contributed by atoms with Gasteiger partial charge in [-0.25, -0.2) is 4.79 Å². The molecule has 0 aromatic heterocycles. The van der Waals surface area contributed by atoms with E-state index < -0.39 is 24.1 Å². The number of rotatable bonds is 3. The van der Waals surface area contributed by atoms with Crippen molar-refractivity contribution < 1.29 is 23.1 Å². The predicted molar refractivity (Wildman–Crippen MR) is 35.4 cm³/mol. The van der Waals surface area contributed by atoms with Crippen molar-refractivity contribution in [2.75, 3.05) is 0 Å². The SMILES string of the molecule is C=CC[C@@](N)(C(=O)O)C(F)(F)F. The van der Waals surface area contributed by atoms with Crippen molar-refractivity contribution in [1.29, 1.82) is 0 Å². The fourth-order valence-electron chi connectivity index (χ4n) is 0.552. The van der Waals surface area contributed by atoms with E-state index in [1.807, 2.05) is 0 Å². The molecule has 0 aliphatic rings. The number of carboxylic acid groups (broad SMARTS) is 1. The van der Waals surface area contributed by atoms with Crippen LogP contribution in [0.15, 0.2) is 12.7 Å². The van der Waals surface area contributed by atoms with E-state index >= 15 is 0 Å².